The number of ether oxygens (including phenoxy) is 3. The summed E-state index contributed by atoms with van der Waals surface area (Å²) in [5, 5.41) is 14.2. The van der Waals surface area contributed by atoms with Gasteiger partial charge < -0.3 is 24.4 Å². The highest BCUT2D eigenvalue weighted by Gasteiger charge is 2.39. The van der Waals surface area contributed by atoms with E-state index in [4.69, 9.17) is 14.2 Å². The molecule has 1 aromatic rings. The van der Waals surface area contributed by atoms with Gasteiger partial charge in [0, 0.05) is 44.9 Å². The van der Waals surface area contributed by atoms with E-state index in [9.17, 15) is 19.7 Å². The lowest BCUT2D eigenvalue weighted by Gasteiger charge is -2.29. The highest BCUT2D eigenvalue weighted by Crippen LogP contribution is 2.32. The van der Waals surface area contributed by atoms with Gasteiger partial charge in [-0.1, -0.05) is 0 Å². The minimum absolute atomic E-state index is 0.0877. The standard InChI is InChI=1S/C17H19N3O7/c1-17(2)26-15(21)12(16(22)27-17)10-18-11-3-4-13(14(9-11)20(23)24)19-5-7-25-8-6-19/h3-4,9-10,18H,5-8H2,1-2H3. The summed E-state index contributed by atoms with van der Waals surface area (Å²) in [6, 6.07) is 4.58. The molecule has 2 aliphatic heterocycles. The summed E-state index contributed by atoms with van der Waals surface area (Å²) >= 11 is 0. The molecule has 1 aromatic carbocycles. The van der Waals surface area contributed by atoms with Gasteiger partial charge in [0.05, 0.1) is 18.1 Å². The van der Waals surface area contributed by atoms with Gasteiger partial charge in [-0.05, 0) is 12.1 Å². The van der Waals surface area contributed by atoms with Gasteiger partial charge in [-0.15, -0.1) is 0 Å². The molecule has 27 heavy (non-hydrogen) atoms. The van der Waals surface area contributed by atoms with Crippen molar-refractivity contribution in [3.63, 3.8) is 0 Å². The highest BCUT2D eigenvalue weighted by molar-refractivity contribution is 6.15. The summed E-state index contributed by atoms with van der Waals surface area (Å²) in [6.07, 6.45) is 1.12. The molecule has 2 saturated heterocycles. The van der Waals surface area contributed by atoms with Crippen LogP contribution in [0.1, 0.15) is 13.8 Å². The first-order valence-electron chi connectivity index (χ1n) is 8.31. The Kier molecular flexibility index (Phi) is 5.00. The van der Waals surface area contributed by atoms with E-state index >= 15 is 0 Å². The number of nitrogens with one attached hydrogen (secondary N) is 1. The largest absolute Gasteiger partial charge is 0.419 e. The van der Waals surface area contributed by atoms with Crippen LogP contribution in [-0.2, 0) is 23.8 Å². The van der Waals surface area contributed by atoms with E-state index in [-0.39, 0.29) is 11.3 Å². The van der Waals surface area contributed by atoms with Gasteiger partial charge in [-0.25, -0.2) is 9.59 Å². The molecule has 0 amide bonds. The predicted octanol–water partition coefficient (Wildman–Crippen LogP) is 1.56. The fourth-order valence-corrected chi connectivity index (χ4v) is 2.77. The monoisotopic (exact) mass is 377 g/mol. The maximum absolute atomic E-state index is 11.9. The van der Waals surface area contributed by atoms with Crippen LogP contribution < -0.4 is 10.2 Å². The summed E-state index contributed by atoms with van der Waals surface area (Å²) in [5.41, 5.74) is 0.417. The van der Waals surface area contributed by atoms with E-state index in [1.165, 1.54) is 19.9 Å². The number of benzene rings is 1. The Morgan fingerprint density at radius 2 is 1.81 bits per heavy atom. The number of rotatable bonds is 4. The number of nitrogens with zero attached hydrogens (tertiary/aromatic N) is 2. The fourth-order valence-electron chi connectivity index (χ4n) is 2.77. The summed E-state index contributed by atoms with van der Waals surface area (Å²) in [4.78, 5) is 36.7. The van der Waals surface area contributed by atoms with Gasteiger partial charge >= 0.3 is 11.9 Å². The Labute approximate surface area is 154 Å². The first kappa shape index (κ1) is 18.6. The molecule has 2 aliphatic rings. The zero-order valence-corrected chi connectivity index (χ0v) is 14.9. The van der Waals surface area contributed by atoms with Crippen molar-refractivity contribution in [2.75, 3.05) is 36.5 Å². The SMILES string of the molecule is CC1(C)OC(=O)C(=CNc2ccc(N3CCOCC3)c([N+](=O)[O-])c2)C(=O)O1. The van der Waals surface area contributed by atoms with Gasteiger partial charge in [0.2, 0.25) is 0 Å². The third-order valence-corrected chi connectivity index (χ3v) is 4.02. The Morgan fingerprint density at radius 3 is 2.41 bits per heavy atom. The van der Waals surface area contributed by atoms with Crippen LogP contribution in [0, 0.1) is 10.1 Å². The van der Waals surface area contributed by atoms with Crippen LogP contribution >= 0.6 is 0 Å². The van der Waals surface area contributed by atoms with Crippen molar-refractivity contribution < 1.29 is 28.7 Å². The second-order valence-electron chi connectivity index (χ2n) is 6.44. The van der Waals surface area contributed by atoms with Crippen molar-refractivity contribution in [2.24, 2.45) is 0 Å². The molecule has 0 saturated carbocycles. The highest BCUT2D eigenvalue weighted by atomic mass is 16.7. The molecule has 0 aromatic heterocycles. The van der Waals surface area contributed by atoms with E-state index in [0.717, 1.165) is 6.20 Å². The molecule has 10 nitrogen and oxygen atoms in total. The van der Waals surface area contributed by atoms with Crippen LogP contribution in [0.15, 0.2) is 30.0 Å². The van der Waals surface area contributed by atoms with Gasteiger partial charge in [-0.2, -0.15) is 0 Å². The molecule has 10 heteroatoms. The summed E-state index contributed by atoms with van der Waals surface area (Å²) in [7, 11) is 0. The second-order valence-corrected chi connectivity index (χ2v) is 6.44. The minimum atomic E-state index is -1.33. The lowest BCUT2D eigenvalue weighted by molar-refractivity contribution is -0.384. The number of anilines is 2. The molecule has 3 rings (SSSR count). The number of carbonyl (C=O) groups excluding carboxylic acids is 2. The van der Waals surface area contributed by atoms with Gasteiger partial charge in [0.1, 0.15) is 5.69 Å². The molecular formula is C17H19N3O7. The Balaban J connectivity index is 1.81. The molecule has 2 fully saturated rings. The first-order valence-corrected chi connectivity index (χ1v) is 8.31. The molecule has 144 valence electrons. The second kappa shape index (κ2) is 7.23. The van der Waals surface area contributed by atoms with Crippen molar-refractivity contribution >= 4 is 29.0 Å². The number of carbonyl (C=O) groups is 2. The number of morpholine rings is 1. The molecule has 0 spiro atoms. The molecule has 0 atom stereocenters. The van der Waals surface area contributed by atoms with Gasteiger partial charge in [0.25, 0.3) is 11.5 Å². The van der Waals surface area contributed by atoms with E-state index in [1.54, 1.807) is 12.1 Å². The minimum Gasteiger partial charge on any atom is -0.419 e. The quantitative estimate of drug-likeness (QED) is 0.274. The van der Waals surface area contributed by atoms with Crippen molar-refractivity contribution in [3.05, 3.63) is 40.1 Å². The maximum Gasteiger partial charge on any atom is 0.350 e. The van der Waals surface area contributed by atoms with E-state index in [0.29, 0.717) is 37.7 Å². The Morgan fingerprint density at radius 1 is 1.19 bits per heavy atom. The van der Waals surface area contributed by atoms with Crippen LogP contribution in [0.3, 0.4) is 0 Å². The number of nitro groups is 1. The van der Waals surface area contributed by atoms with E-state index < -0.39 is 22.6 Å². The average Bonchev–Trinajstić information content (AvgIpc) is 2.60. The fraction of sp³-hybridized carbons (Fsp3) is 0.412. The number of hydrogen-bond acceptors (Lipinski definition) is 9. The zero-order valence-electron chi connectivity index (χ0n) is 14.9. The van der Waals surface area contributed by atoms with Crippen molar-refractivity contribution in [3.8, 4) is 0 Å². The van der Waals surface area contributed by atoms with Crippen LogP contribution in [0.5, 0.6) is 0 Å². The van der Waals surface area contributed by atoms with Crippen LogP contribution in [0.25, 0.3) is 0 Å². The molecule has 0 unspecified atom stereocenters. The van der Waals surface area contributed by atoms with E-state index in [1.807, 2.05) is 4.90 Å². The maximum atomic E-state index is 11.9. The molecule has 0 radical (unpaired) electrons. The molecular weight excluding hydrogens is 358 g/mol. The lowest BCUT2D eigenvalue weighted by atomic mass is 10.2. The third kappa shape index (κ3) is 4.17. The van der Waals surface area contributed by atoms with Crippen LogP contribution in [0.4, 0.5) is 17.1 Å². The van der Waals surface area contributed by atoms with Gasteiger partial charge in [0.15, 0.2) is 5.57 Å². The summed E-state index contributed by atoms with van der Waals surface area (Å²) in [6.45, 7) is 5.02. The first-order chi connectivity index (χ1) is 12.8. The van der Waals surface area contributed by atoms with E-state index in [2.05, 4.69) is 5.32 Å². The molecule has 0 bridgehead atoms. The summed E-state index contributed by atoms with van der Waals surface area (Å²) < 4.78 is 15.2. The van der Waals surface area contributed by atoms with Crippen molar-refractivity contribution in [1.82, 2.24) is 0 Å². The smallest absolute Gasteiger partial charge is 0.350 e. The third-order valence-electron chi connectivity index (χ3n) is 4.02. The predicted molar refractivity (Wildman–Crippen MR) is 94.1 cm³/mol. The molecule has 2 heterocycles. The van der Waals surface area contributed by atoms with Crippen molar-refractivity contribution in [2.45, 2.75) is 19.6 Å². The summed E-state index contributed by atoms with van der Waals surface area (Å²) in [5.74, 6) is -2.99. The normalized spacial score (nSPS) is 19.2. The molecule has 1 N–H and O–H groups in total. The number of esters is 2. The number of hydrogen-bond donors (Lipinski definition) is 1. The van der Waals surface area contributed by atoms with Crippen LogP contribution in [0.2, 0.25) is 0 Å². The molecule has 0 aliphatic carbocycles. The zero-order chi connectivity index (χ0) is 19.6. The topological polar surface area (TPSA) is 120 Å². The van der Waals surface area contributed by atoms with Crippen molar-refractivity contribution in [1.29, 1.82) is 0 Å². The lowest BCUT2D eigenvalue weighted by Crippen LogP contribution is -2.42. The number of cyclic esters (lactones) is 2. The van der Waals surface area contributed by atoms with Crippen LogP contribution in [-0.4, -0.2) is 49.0 Å². The average molecular weight is 377 g/mol. The number of nitro benzene ring substituents is 1. The Hall–Kier alpha value is -3.14. The Bertz CT molecular complexity index is 791. The van der Waals surface area contributed by atoms with Gasteiger partial charge in [-0.3, -0.25) is 10.1 Å².